The monoisotopic (exact) mass is 282 g/mol. The van der Waals surface area contributed by atoms with Crippen molar-refractivity contribution in [3.63, 3.8) is 0 Å². The van der Waals surface area contributed by atoms with Crippen LogP contribution in [-0.4, -0.2) is 25.8 Å². The van der Waals surface area contributed by atoms with E-state index in [1.807, 2.05) is 6.92 Å². The van der Waals surface area contributed by atoms with Crippen LogP contribution in [0, 0.1) is 12.8 Å². The number of benzene rings is 1. The predicted octanol–water partition coefficient (Wildman–Crippen LogP) is 2.39. The lowest BCUT2D eigenvalue weighted by molar-refractivity contribution is 0.417. The smallest absolute Gasteiger partial charge is 0.245 e. The van der Waals surface area contributed by atoms with Gasteiger partial charge in [-0.2, -0.15) is 4.31 Å². The summed E-state index contributed by atoms with van der Waals surface area (Å²) >= 11 is 0. The van der Waals surface area contributed by atoms with E-state index in [1.54, 1.807) is 22.5 Å². The van der Waals surface area contributed by atoms with Crippen molar-refractivity contribution in [3.8, 4) is 0 Å². The molecule has 1 fully saturated rings. The van der Waals surface area contributed by atoms with Gasteiger partial charge in [-0.1, -0.05) is 13.0 Å². The van der Waals surface area contributed by atoms with Gasteiger partial charge < -0.3 is 5.73 Å². The Kier molecular flexibility index (Phi) is 4.16. The number of sulfonamides is 1. The van der Waals surface area contributed by atoms with E-state index in [0.29, 0.717) is 24.7 Å². The van der Waals surface area contributed by atoms with E-state index in [-0.39, 0.29) is 4.90 Å². The van der Waals surface area contributed by atoms with Crippen LogP contribution in [0.4, 0.5) is 5.69 Å². The van der Waals surface area contributed by atoms with Crippen molar-refractivity contribution in [3.05, 3.63) is 23.8 Å². The average Bonchev–Trinajstić information content (AvgIpc) is 2.53. The molecule has 1 aromatic rings. The lowest BCUT2D eigenvalue weighted by Crippen LogP contribution is -2.32. The van der Waals surface area contributed by atoms with Gasteiger partial charge in [0, 0.05) is 13.1 Å². The molecule has 1 atom stereocenters. The third kappa shape index (κ3) is 3.09. The van der Waals surface area contributed by atoms with Gasteiger partial charge in [0.25, 0.3) is 0 Å². The molecule has 1 unspecified atom stereocenters. The summed E-state index contributed by atoms with van der Waals surface area (Å²) in [4.78, 5) is 0.243. The lowest BCUT2D eigenvalue weighted by Gasteiger charge is -2.21. The molecule has 0 aliphatic carbocycles. The Morgan fingerprint density at radius 2 is 2.00 bits per heavy atom. The van der Waals surface area contributed by atoms with E-state index in [2.05, 4.69) is 6.92 Å². The molecule has 2 rings (SSSR count). The molecule has 0 radical (unpaired) electrons. The molecule has 4 nitrogen and oxygen atoms in total. The molecule has 1 aromatic carbocycles. The van der Waals surface area contributed by atoms with Gasteiger partial charge in [0.1, 0.15) is 4.90 Å². The molecule has 1 aliphatic rings. The minimum Gasteiger partial charge on any atom is -0.398 e. The number of hydrogen-bond acceptors (Lipinski definition) is 3. The van der Waals surface area contributed by atoms with Crippen molar-refractivity contribution in [2.24, 2.45) is 5.92 Å². The van der Waals surface area contributed by atoms with Crippen LogP contribution < -0.4 is 5.73 Å². The van der Waals surface area contributed by atoms with Gasteiger partial charge in [-0.25, -0.2) is 8.42 Å². The predicted molar refractivity (Wildman–Crippen MR) is 77.4 cm³/mol. The zero-order valence-electron chi connectivity index (χ0n) is 11.6. The van der Waals surface area contributed by atoms with Gasteiger partial charge in [0.2, 0.25) is 10.0 Å². The summed E-state index contributed by atoms with van der Waals surface area (Å²) in [5, 5.41) is 0. The fraction of sp³-hybridized carbons (Fsp3) is 0.571. The maximum Gasteiger partial charge on any atom is 0.245 e. The van der Waals surface area contributed by atoms with E-state index in [1.165, 1.54) is 0 Å². The molecule has 0 bridgehead atoms. The van der Waals surface area contributed by atoms with E-state index >= 15 is 0 Å². The molecule has 2 N–H and O–H groups in total. The minimum absolute atomic E-state index is 0.243. The molecule has 0 spiro atoms. The second-order valence-corrected chi connectivity index (χ2v) is 7.39. The third-order valence-corrected chi connectivity index (χ3v) is 5.73. The second kappa shape index (κ2) is 5.51. The second-order valence-electron chi connectivity index (χ2n) is 5.48. The molecule has 0 saturated carbocycles. The molecule has 0 aromatic heterocycles. The van der Waals surface area contributed by atoms with Crippen molar-refractivity contribution < 1.29 is 8.42 Å². The highest BCUT2D eigenvalue weighted by molar-refractivity contribution is 7.89. The number of nitrogen functional groups attached to an aromatic ring is 1. The number of hydrogen-bond donors (Lipinski definition) is 1. The van der Waals surface area contributed by atoms with Crippen LogP contribution in [0.2, 0.25) is 0 Å². The van der Waals surface area contributed by atoms with Crippen LogP contribution in [0.3, 0.4) is 0 Å². The highest BCUT2D eigenvalue weighted by Gasteiger charge is 2.28. The molecule has 1 saturated heterocycles. The Morgan fingerprint density at radius 1 is 1.26 bits per heavy atom. The summed E-state index contributed by atoms with van der Waals surface area (Å²) in [6, 6.07) is 5.13. The fourth-order valence-corrected chi connectivity index (χ4v) is 4.11. The number of anilines is 1. The van der Waals surface area contributed by atoms with Crippen LogP contribution in [0.1, 0.15) is 31.7 Å². The Balaban J connectivity index is 2.31. The first-order chi connectivity index (χ1) is 8.91. The summed E-state index contributed by atoms with van der Waals surface area (Å²) in [5.74, 6) is 0.593. The standard InChI is InChI=1S/C14H22N2O2S/c1-11-4-3-8-16(9-7-11)19(17,18)14-6-5-12(2)10-13(14)15/h5-6,10-11H,3-4,7-9,15H2,1-2H3. The summed E-state index contributed by atoms with van der Waals surface area (Å²) < 4.78 is 26.8. The highest BCUT2D eigenvalue weighted by Crippen LogP contribution is 2.26. The van der Waals surface area contributed by atoms with E-state index in [9.17, 15) is 8.42 Å². The molecular weight excluding hydrogens is 260 g/mol. The van der Waals surface area contributed by atoms with Gasteiger partial charge in [-0.15, -0.1) is 0 Å². The average molecular weight is 282 g/mol. The summed E-state index contributed by atoms with van der Waals surface area (Å²) in [6.45, 7) is 5.27. The molecular formula is C14H22N2O2S. The largest absolute Gasteiger partial charge is 0.398 e. The highest BCUT2D eigenvalue weighted by atomic mass is 32.2. The van der Waals surface area contributed by atoms with Crippen LogP contribution in [0.15, 0.2) is 23.1 Å². The van der Waals surface area contributed by atoms with Gasteiger partial charge >= 0.3 is 0 Å². The minimum atomic E-state index is -3.45. The van der Waals surface area contributed by atoms with Crippen molar-refractivity contribution in [1.29, 1.82) is 0 Å². The molecule has 1 aliphatic heterocycles. The van der Waals surface area contributed by atoms with E-state index in [4.69, 9.17) is 5.73 Å². The van der Waals surface area contributed by atoms with Gasteiger partial charge in [-0.3, -0.25) is 0 Å². The number of rotatable bonds is 2. The van der Waals surface area contributed by atoms with Crippen molar-refractivity contribution in [2.75, 3.05) is 18.8 Å². The first-order valence-electron chi connectivity index (χ1n) is 6.77. The molecule has 106 valence electrons. The van der Waals surface area contributed by atoms with Crippen molar-refractivity contribution >= 4 is 15.7 Å². The topological polar surface area (TPSA) is 63.4 Å². The maximum absolute atomic E-state index is 12.6. The van der Waals surface area contributed by atoms with E-state index < -0.39 is 10.0 Å². The Labute approximate surface area is 115 Å². The molecule has 1 heterocycles. The molecule has 19 heavy (non-hydrogen) atoms. The fourth-order valence-electron chi connectivity index (χ4n) is 2.52. The zero-order chi connectivity index (χ0) is 14.0. The lowest BCUT2D eigenvalue weighted by atomic mass is 10.0. The van der Waals surface area contributed by atoms with Crippen molar-refractivity contribution in [1.82, 2.24) is 4.31 Å². The summed E-state index contributed by atoms with van der Waals surface area (Å²) in [6.07, 6.45) is 2.94. The number of aryl methyl sites for hydroxylation is 1. The first-order valence-corrected chi connectivity index (χ1v) is 8.21. The third-order valence-electron chi connectivity index (χ3n) is 3.76. The van der Waals surface area contributed by atoms with Crippen LogP contribution in [0.5, 0.6) is 0 Å². The Bertz CT molecular complexity index is 555. The van der Waals surface area contributed by atoms with Crippen LogP contribution in [0.25, 0.3) is 0 Å². The quantitative estimate of drug-likeness (QED) is 0.847. The number of nitrogens with two attached hydrogens (primary N) is 1. The first kappa shape index (κ1) is 14.3. The molecule has 0 amide bonds. The Hall–Kier alpha value is -1.07. The van der Waals surface area contributed by atoms with Crippen LogP contribution >= 0.6 is 0 Å². The SMILES string of the molecule is Cc1ccc(S(=O)(=O)N2CCCC(C)CC2)c(N)c1. The summed E-state index contributed by atoms with van der Waals surface area (Å²) in [7, 11) is -3.45. The van der Waals surface area contributed by atoms with Gasteiger partial charge in [0.15, 0.2) is 0 Å². The summed E-state index contributed by atoms with van der Waals surface area (Å²) in [5.41, 5.74) is 7.19. The molecule has 5 heteroatoms. The van der Waals surface area contributed by atoms with E-state index in [0.717, 1.165) is 24.8 Å². The normalized spacial score (nSPS) is 22.1. The zero-order valence-corrected chi connectivity index (χ0v) is 12.4. The van der Waals surface area contributed by atoms with Crippen molar-refractivity contribution in [2.45, 2.75) is 38.0 Å². The maximum atomic E-state index is 12.6. The van der Waals surface area contributed by atoms with Gasteiger partial charge in [0.05, 0.1) is 5.69 Å². The van der Waals surface area contributed by atoms with Gasteiger partial charge in [-0.05, 0) is 49.8 Å². The Morgan fingerprint density at radius 3 is 2.68 bits per heavy atom. The number of nitrogens with zero attached hydrogens (tertiary/aromatic N) is 1. The van der Waals surface area contributed by atoms with Crippen LogP contribution in [-0.2, 0) is 10.0 Å².